The molecular weight excluding hydrogens is 226 g/mol. The van der Waals surface area contributed by atoms with Crippen molar-refractivity contribution in [3.05, 3.63) is 17.6 Å². The average Bonchev–Trinajstić information content (AvgIpc) is 2.64. The third kappa shape index (κ3) is 1.54. The molecule has 2 aromatic rings. The van der Waals surface area contributed by atoms with Crippen LogP contribution in [0.5, 0.6) is 0 Å². The molecule has 1 fully saturated rings. The zero-order valence-corrected chi connectivity index (χ0v) is 11.0. The number of nitrogens with two attached hydrogens (primary N) is 1. The Labute approximate surface area is 107 Å². The maximum absolute atomic E-state index is 5.99. The van der Waals surface area contributed by atoms with Crippen molar-refractivity contribution < 1.29 is 0 Å². The minimum atomic E-state index is 0.580. The Morgan fingerprint density at radius 3 is 2.56 bits per heavy atom. The van der Waals surface area contributed by atoms with Crippen LogP contribution in [0.15, 0.2) is 6.33 Å². The highest BCUT2D eigenvalue weighted by Crippen LogP contribution is 2.27. The molecule has 5 heteroatoms. The lowest BCUT2D eigenvalue weighted by molar-refractivity contribution is 0.480. The summed E-state index contributed by atoms with van der Waals surface area (Å²) in [6.07, 6.45) is 5.37. The highest BCUT2D eigenvalue weighted by molar-refractivity contribution is 5.91. The van der Waals surface area contributed by atoms with Crippen molar-refractivity contribution in [2.45, 2.75) is 33.1 Å². The van der Waals surface area contributed by atoms with E-state index >= 15 is 0 Å². The number of nitrogen functional groups attached to an aromatic ring is 1. The molecule has 0 spiro atoms. The normalized spacial score (nSPS) is 16.4. The van der Waals surface area contributed by atoms with E-state index in [9.17, 15) is 0 Å². The molecule has 0 amide bonds. The van der Waals surface area contributed by atoms with Crippen LogP contribution >= 0.6 is 0 Å². The molecule has 0 bridgehead atoms. The maximum atomic E-state index is 5.99. The molecule has 96 valence electrons. The summed E-state index contributed by atoms with van der Waals surface area (Å²) in [5.74, 6) is 0.580. The van der Waals surface area contributed by atoms with Crippen molar-refractivity contribution >= 4 is 16.9 Å². The van der Waals surface area contributed by atoms with Crippen LogP contribution in [-0.4, -0.2) is 27.7 Å². The quantitative estimate of drug-likeness (QED) is 0.831. The second-order valence-electron chi connectivity index (χ2n) is 4.99. The van der Waals surface area contributed by atoms with Crippen LogP contribution in [0.3, 0.4) is 0 Å². The number of nitrogens with zero attached hydrogens (tertiary/aromatic N) is 4. The van der Waals surface area contributed by atoms with Crippen molar-refractivity contribution in [3.63, 3.8) is 0 Å². The Balaban J connectivity index is 2.22. The standard InChI is InChI=1S/C13H19N5/c1-9-10(2)18(17-6-4-3-5-7-17)13-11(9)12(14)15-8-16-13/h8H,3-7H2,1-2H3,(H2,14,15,16). The third-order valence-corrected chi connectivity index (χ3v) is 3.91. The molecule has 0 aromatic carbocycles. The fourth-order valence-electron chi connectivity index (χ4n) is 2.83. The van der Waals surface area contributed by atoms with Gasteiger partial charge in [-0.05, 0) is 38.7 Å². The van der Waals surface area contributed by atoms with Gasteiger partial charge in [0.25, 0.3) is 0 Å². The highest BCUT2D eigenvalue weighted by atomic mass is 15.6. The molecule has 0 radical (unpaired) electrons. The first-order chi connectivity index (χ1) is 8.70. The molecule has 1 saturated heterocycles. The van der Waals surface area contributed by atoms with E-state index in [1.54, 1.807) is 6.33 Å². The molecular formula is C13H19N5. The first-order valence-corrected chi connectivity index (χ1v) is 6.53. The molecule has 18 heavy (non-hydrogen) atoms. The van der Waals surface area contributed by atoms with E-state index in [1.807, 2.05) is 0 Å². The SMILES string of the molecule is Cc1c(C)n(N2CCCCC2)c2ncnc(N)c12. The molecule has 3 heterocycles. The molecule has 3 rings (SSSR count). The Morgan fingerprint density at radius 2 is 1.83 bits per heavy atom. The summed E-state index contributed by atoms with van der Waals surface area (Å²) in [7, 11) is 0. The number of piperidine rings is 1. The number of aromatic nitrogens is 3. The third-order valence-electron chi connectivity index (χ3n) is 3.91. The van der Waals surface area contributed by atoms with Gasteiger partial charge in [0, 0.05) is 18.8 Å². The number of aryl methyl sites for hydroxylation is 1. The van der Waals surface area contributed by atoms with E-state index in [2.05, 4.69) is 33.5 Å². The topological polar surface area (TPSA) is 60.0 Å². The second kappa shape index (κ2) is 4.15. The van der Waals surface area contributed by atoms with Gasteiger partial charge in [-0.15, -0.1) is 0 Å². The number of fused-ring (bicyclic) bond motifs is 1. The summed E-state index contributed by atoms with van der Waals surface area (Å²) in [5.41, 5.74) is 9.34. The maximum Gasteiger partial charge on any atom is 0.164 e. The molecule has 0 aliphatic carbocycles. The van der Waals surface area contributed by atoms with Gasteiger partial charge in [-0.3, -0.25) is 0 Å². The van der Waals surface area contributed by atoms with Crippen LogP contribution in [0.1, 0.15) is 30.5 Å². The van der Waals surface area contributed by atoms with E-state index in [0.29, 0.717) is 5.82 Å². The van der Waals surface area contributed by atoms with Gasteiger partial charge in [-0.25, -0.2) is 14.6 Å². The number of rotatable bonds is 1. The fourth-order valence-corrected chi connectivity index (χ4v) is 2.83. The summed E-state index contributed by atoms with van der Waals surface area (Å²) < 4.78 is 2.22. The van der Waals surface area contributed by atoms with E-state index in [4.69, 9.17) is 5.73 Å². The molecule has 1 aliphatic rings. The molecule has 5 nitrogen and oxygen atoms in total. The lowest BCUT2D eigenvalue weighted by atomic mass is 10.2. The molecule has 0 atom stereocenters. The molecule has 0 unspecified atom stereocenters. The lowest BCUT2D eigenvalue weighted by Crippen LogP contribution is -2.39. The van der Waals surface area contributed by atoms with E-state index in [0.717, 1.165) is 24.1 Å². The average molecular weight is 245 g/mol. The minimum absolute atomic E-state index is 0.580. The van der Waals surface area contributed by atoms with Gasteiger partial charge in [0.05, 0.1) is 5.39 Å². The smallest absolute Gasteiger partial charge is 0.164 e. The van der Waals surface area contributed by atoms with Crippen LogP contribution in [0, 0.1) is 13.8 Å². The zero-order chi connectivity index (χ0) is 12.7. The Bertz CT molecular complexity index is 581. The first kappa shape index (κ1) is 11.3. The second-order valence-corrected chi connectivity index (χ2v) is 4.99. The highest BCUT2D eigenvalue weighted by Gasteiger charge is 2.20. The van der Waals surface area contributed by atoms with Crippen LogP contribution < -0.4 is 10.7 Å². The van der Waals surface area contributed by atoms with Gasteiger partial charge >= 0.3 is 0 Å². The van der Waals surface area contributed by atoms with Gasteiger partial charge in [0.1, 0.15) is 12.1 Å². The first-order valence-electron chi connectivity index (χ1n) is 6.53. The van der Waals surface area contributed by atoms with Crippen LogP contribution in [0.4, 0.5) is 5.82 Å². The van der Waals surface area contributed by atoms with Crippen molar-refractivity contribution in [1.29, 1.82) is 0 Å². The summed E-state index contributed by atoms with van der Waals surface area (Å²) >= 11 is 0. The van der Waals surface area contributed by atoms with Crippen LogP contribution in [0.25, 0.3) is 11.0 Å². The van der Waals surface area contributed by atoms with Gasteiger partial charge in [-0.2, -0.15) is 0 Å². The van der Waals surface area contributed by atoms with Crippen LogP contribution in [-0.2, 0) is 0 Å². The summed E-state index contributed by atoms with van der Waals surface area (Å²) in [4.78, 5) is 8.53. The van der Waals surface area contributed by atoms with Crippen molar-refractivity contribution in [1.82, 2.24) is 14.6 Å². The lowest BCUT2D eigenvalue weighted by Gasteiger charge is -2.31. The van der Waals surface area contributed by atoms with Gasteiger partial charge in [-0.1, -0.05) is 0 Å². The molecule has 0 saturated carbocycles. The monoisotopic (exact) mass is 245 g/mol. The van der Waals surface area contributed by atoms with Crippen molar-refractivity contribution in [2.24, 2.45) is 0 Å². The van der Waals surface area contributed by atoms with Crippen molar-refractivity contribution in [2.75, 3.05) is 23.8 Å². The van der Waals surface area contributed by atoms with Gasteiger partial charge < -0.3 is 10.7 Å². The fraction of sp³-hybridized carbons (Fsp3) is 0.538. The summed E-state index contributed by atoms with van der Waals surface area (Å²) in [5, 5.41) is 3.38. The summed E-state index contributed by atoms with van der Waals surface area (Å²) in [6, 6.07) is 0. The predicted octanol–water partition coefficient (Wildman–Crippen LogP) is 1.75. The Hall–Kier alpha value is -1.78. The largest absolute Gasteiger partial charge is 0.383 e. The number of anilines is 1. The molecule has 1 aliphatic heterocycles. The van der Waals surface area contributed by atoms with Gasteiger partial charge in [0.15, 0.2) is 5.65 Å². The van der Waals surface area contributed by atoms with Gasteiger partial charge in [0.2, 0.25) is 0 Å². The molecule has 2 aromatic heterocycles. The zero-order valence-electron chi connectivity index (χ0n) is 11.0. The molecule has 2 N–H and O–H groups in total. The van der Waals surface area contributed by atoms with Crippen molar-refractivity contribution in [3.8, 4) is 0 Å². The number of hydrogen-bond acceptors (Lipinski definition) is 4. The number of hydrogen-bond donors (Lipinski definition) is 1. The predicted molar refractivity (Wildman–Crippen MR) is 73.2 cm³/mol. The van der Waals surface area contributed by atoms with E-state index in [1.165, 1.54) is 30.5 Å². The minimum Gasteiger partial charge on any atom is -0.383 e. The summed E-state index contributed by atoms with van der Waals surface area (Å²) in [6.45, 7) is 6.41. The van der Waals surface area contributed by atoms with E-state index < -0.39 is 0 Å². The Kier molecular flexibility index (Phi) is 2.61. The van der Waals surface area contributed by atoms with Crippen LogP contribution in [0.2, 0.25) is 0 Å². The van der Waals surface area contributed by atoms with E-state index in [-0.39, 0.29) is 0 Å². The Morgan fingerprint density at radius 1 is 1.11 bits per heavy atom.